The maximum Gasteiger partial charge on any atom is 0.248 e. The molecule has 58 valence electrons. The second kappa shape index (κ2) is 3.14. The summed E-state index contributed by atoms with van der Waals surface area (Å²) in [7, 11) is 0. The Morgan fingerprint density at radius 2 is 2.36 bits per heavy atom. The number of carbonyl (C=O) groups is 1. The van der Waals surface area contributed by atoms with E-state index in [1.165, 1.54) is 12.3 Å². The Balaban J connectivity index is 3.05. The Morgan fingerprint density at radius 3 is 2.91 bits per heavy atom. The minimum atomic E-state index is -0.232. The first-order chi connectivity index (χ1) is 5.24. The Labute approximate surface area is 64.1 Å². The average molecular weight is 151 g/mol. The average Bonchev–Trinajstić information content (AvgIpc) is 2.03. The molecule has 0 bridgehead atoms. The minimum absolute atomic E-state index is 0.00361. The third-order valence-corrected chi connectivity index (χ3v) is 1.42. The van der Waals surface area contributed by atoms with Crippen LogP contribution in [0.1, 0.15) is 23.7 Å². The van der Waals surface area contributed by atoms with Crippen LogP contribution in [-0.2, 0) is 0 Å². The van der Waals surface area contributed by atoms with Gasteiger partial charge in [-0.15, -0.1) is 0 Å². The molecule has 1 N–H and O–H groups in total. The number of rotatable bonds is 2. The van der Waals surface area contributed by atoms with Gasteiger partial charge in [0, 0.05) is 24.2 Å². The fourth-order valence-electron chi connectivity index (χ4n) is 0.822. The lowest BCUT2D eigenvalue weighted by Gasteiger charge is -1.93. The van der Waals surface area contributed by atoms with E-state index in [1.54, 1.807) is 13.0 Å². The van der Waals surface area contributed by atoms with Crippen molar-refractivity contribution in [2.75, 3.05) is 0 Å². The molecule has 0 aliphatic carbocycles. The van der Waals surface area contributed by atoms with Gasteiger partial charge in [0.2, 0.25) is 5.56 Å². The van der Waals surface area contributed by atoms with Crippen LogP contribution >= 0.6 is 0 Å². The van der Waals surface area contributed by atoms with Crippen LogP contribution < -0.4 is 5.56 Å². The number of H-pyrrole nitrogens is 1. The molecule has 0 saturated carbocycles. The molecule has 3 nitrogen and oxygen atoms in total. The summed E-state index contributed by atoms with van der Waals surface area (Å²) >= 11 is 0. The first-order valence-electron chi connectivity index (χ1n) is 3.46. The van der Waals surface area contributed by atoms with E-state index in [0.717, 1.165) is 0 Å². The number of Topliss-reactive ketones (excluding diaryl/α,β-unsaturated/α-hetero) is 1. The van der Waals surface area contributed by atoms with Crippen molar-refractivity contribution in [2.24, 2.45) is 0 Å². The normalized spacial score (nSPS) is 9.55. The maximum absolute atomic E-state index is 11.0. The fourth-order valence-corrected chi connectivity index (χ4v) is 0.822. The molecule has 0 aliphatic heterocycles. The summed E-state index contributed by atoms with van der Waals surface area (Å²) in [6.07, 6.45) is 1.91. The summed E-state index contributed by atoms with van der Waals surface area (Å²) in [5.74, 6) is -0.00361. The van der Waals surface area contributed by atoms with Crippen LogP contribution in [0.3, 0.4) is 0 Å². The topological polar surface area (TPSA) is 49.9 Å². The van der Waals surface area contributed by atoms with Gasteiger partial charge < -0.3 is 4.98 Å². The second-order valence-corrected chi connectivity index (χ2v) is 2.22. The predicted molar refractivity (Wildman–Crippen MR) is 41.7 cm³/mol. The van der Waals surface area contributed by atoms with Crippen molar-refractivity contribution in [3.63, 3.8) is 0 Å². The van der Waals surface area contributed by atoms with Crippen molar-refractivity contribution in [1.82, 2.24) is 4.98 Å². The van der Waals surface area contributed by atoms with Gasteiger partial charge in [0.1, 0.15) is 0 Å². The van der Waals surface area contributed by atoms with E-state index in [4.69, 9.17) is 0 Å². The molecule has 11 heavy (non-hydrogen) atoms. The molecule has 3 heteroatoms. The number of pyridine rings is 1. The highest BCUT2D eigenvalue weighted by Gasteiger charge is 2.01. The Hall–Kier alpha value is -1.38. The Kier molecular flexibility index (Phi) is 2.21. The van der Waals surface area contributed by atoms with Crippen molar-refractivity contribution in [2.45, 2.75) is 13.3 Å². The highest BCUT2D eigenvalue weighted by atomic mass is 16.1. The van der Waals surface area contributed by atoms with Crippen LogP contribution in [0.2, 0.25) is 0 Å². The van der Waals surface area contributed by atoms with E-state index in [-0.39, 0.29) is 11.3 Å². The van der Waals surface area contributed by atoms with Crippen LogP contribution in [-0.4, -0.2) is 10.8 Å². The lowest BCUT2D eigenvalue weighted by atomic mass is 10.1. The van der Waals surface area contributed by atoms with Gasteiger partial charge in [-0.2, -0.15) is 0 Å². The molecule has 1 aromatic rings. The first kappa shape index (κ1) is 7.72. The third-order valence-electron chi connectivity index (χ3n) is 1.42. The lowest BCUT2D eigenvalue weighted by molar-refractivity contribution is 0.0988. The number of hydrogen-bond donors (Lipinski definition) is 1. The highest BCUT2D eigenvalue weighted by molar-refractivity contribution is 5.95. The molecule has 0 spiro atoms. The summed E-state index contributed by atoms with van der Waals surface area (Å²) < 4.78 is 0. The molecular formula is C8H9NO2. The number of ketones is 1. The number of hydrogen-bond acceptors (Lipinski definition) is 2. The Bertz CT molecular complexity index is 314. The monoisotopic (exact) mass is 151 g/mol. The molecule has 0 fully saturated rings. The van der Waals surface area contributed by atoms with E-state index in [0.29, 0.717) is 12.0 Å². The smallest absolute Gasteiger partial charge is 0.248 e. The van der Waals surface area contributed by atoms with E-state index >= 15 is 0 Å². The van der Waals surface area contributed by atoms with Crippen molar-refractivity contribution in [1.29, 1.82) is 0 Å². The first-order valence-corrected chi connectivity index (χ1v) is 3.46. The molecular weight excluding hydrogens is 142 g/mol. The second-order valence-electron chi connectivity index (χ2n) is 2.22. The van der Waals surface area contributed by atoms with Crippen molar-refractivity contribution in [3.05, 3.63) is 34.2 Å². The van der Waals surface area contributed by atoms with E-state index in [2.05, 4.69) is 4.98 Å². The standard InChI is InChI=1S/C8H9NO2/c1-2-7(10)6-3-4-9-8(11)5-6/h3-5H,2H2,1H3,(H,9,11). The summed E-state index contributed by atoms with van der Waals surface area (Å²) in [6, 6.07) is 2.92. The number of aromatic amines is 1. The van der Waals surface area contributed by atoms with Crippen LogP contribution in [0.4, 0.5) is 0 Å². The van der Waals surface area contributed by atoms with Crippen molar-refractivity contribution >= 4 is 5.78 Å². The molecule has 0 aliphatic rings. The molecule has 0 saturated heterocycles. The summed E-state index contributed by atoms with van der Waals surface area (Å²) in [5.41, 5.74) is 0.251. The third kappa shape index (κ3) is 1.77. The summed E-state index contributed by atoms with van der Waals surface area (Å²) in [6.45, 7) is 1.77. The molecule has 0 amide bonds. The number of aromatic nitrogens is 1. The van der Waals surface area contributed by atoms with Crippen LogP contribution in [0.15, 0.2) is 23.1 Å². The largest absolute Gasteiger partial charge is 0.329 e. The van der Waals surface area contributed by atoms with Crippen LogP contribution in [0.25, 0.3) is 0 Å². The van der Waals surface area contributed by atoms with Gasteiger partial charge in [-0.3, -0.25) is 9.59 Å². The molecule has 0 radical (unpaired) electrons. The molecule has 0 aromatic carbocycles. The quantitative estimate of drug-likeness (QED) is 0.640. The van der Waals surface area contributed by atoms with Crippen LogP contribution in [0.5, 0.6) is 0 Å². The molecule has 0 atom stereocenters. The maximum atomic E-state index is 11.0. The highest BCUT2D eigenvalue weighted by Crippen LogP contribution is 1.97. The molecule has 0 unspecified atom stereocenters. The lowest BCUT2D eigenvalue weighted by Crippen LogP contribution is -2.07. The van der Waals surface area contributed by atoms with Gasteiger partial charge in [0.15, 0.2) is 5.78 Å². The van der Waals surface area contributed by atoms with Gasteiger partial charge in [-0.1, -0.05) is 6.92 Å². The van der Waals surface area contributed by atoms with Crippen LogP contribution in [0, 0.1) is 0 Å². The Morgan fingerprint density at radius 1 is 1.64 bits per heavy atom. The number of nitrogens with one attached hydrogen (secondary N) is 1. The molecule has 1 rings (SSSR count). The fraction of sp³-hybridized carbons (Fsp3) is 0.250. The van der Waals surface area contributed by atoms with E-state index in [1.807, 2.05) is 0 Å². The van der Waals surface area contributed by atoms with Crippen molar-refractivity contribution < 1.29 is 4.79 Å². The zero-order valence-corrected chi connectivity index (χ0v) is 6.26. The van der Waals surface area contributed by atoms with E-state index < -0.39 is 0 Å². The zero-order valence-electron chi connectivity index (χ0n) is 6.26. The van der Waals surface area contributed by atoms with Gasteiger partial charge in [-0.25, -0.2) is 0 Å². The minimum Gasteiger partial charge on any atom is -0.329 e. The SMILES string of the molecule is CCC(=O)c1cc[nH]c(=O)c1. The van der Waals surface area contributed by atoms with Gasteiger partial charge in [0.25, 0.3) is 0 Å². The van der Waals surface area contributed by atoms with Gasteiger partial charge in [0.05, 0.1) is 0 Å². The number of carbonyl (C=O) groups excluding carboxylic acids is 1. The van der Waals surface area contributed by atoms with E-state index in [9.17, 15) is 9.59 Å². The molecule has 1 heterocycles. The summed E-state index contributed by atoms with van der Waals surface area (Å²) in [4.78, 5) is 24.2. The summed E-state index contributed by atoms with van der Waals surface area (Å²) in [5, 5.41) is 0. The van der Waals surface area contributed by atoms with Gasteiger partial charge in [-0.05, 0) is 6.07 Å². The molecule has 1 aromatic heterocycles. The van der Waals surface area contributed by atoms with Crippen molar-refractivity contribution in [3.8, 4) is 0 Å². The zero-order chi connectivity index (χ0) is 8.27. The van der Waals surface area contributed by atoms with Gasteiger partial charge >= 0.3 is 0 Å². The predicted octanol–water partition coefficient (Wildman–Crippen LogP) is 0.968.